The lowest BCUT2D eigenvalue weighted by molar-refractivity contribution is 0.639. The first-order valence-corrected chi connectivity index (χ1v) is 5.49. The van der Waals surface area contributed by atoms with Crippen LogP contribution in [0.5, 0.6) is 0 Å². The number of rotatable bonds is 1. The van der Waals surface area contributed by atoms with Crippen molar-refractivity contribution in [2.45, 2.75) is 45.1 Å². The van der Waals surface area contributed by atoms with Crippen molar-refractivity contribution in [3.8, 4) is 0 Å². The van der Waals surface area contributed by atoms with Gasteiger partial charge in [0.2, 0.25) is 0 Å². The topological polar surface area (TPSA) is 26.0 Å². The molecule has 0 fully saturated rings. The second kappa shape index (κ2) is 3.39. The molecule has 1 aromatic carbocycles. The highest BCUT2D eigenvalue weighted by Gasteiger charge is 2.25. The molecule has 1 heteroatoms. The van der Waals surface area contributed by atoms with Gasteiger partial charge in [-0.15, -0.1) is 0 Å². The van der Waals surface area contributed by atoms with Gasteiger partial charge in [-0.25, -0.2) is 0 Å². The van der Waals surface area contributed by atoms with Crippen molar-refractivity contribution in [2.24, 2.45) is 5.73 Å². The minimum absolute atomic E-state index is 0.263. The summed E-state index contributed by atoms with van der Waals surface area (Å²) in [6.45, 7) is 6.72. The van der Waals surface area contributed by atoms with Crippen LogP contribution in [0.4, 0.5) is 0 Å². The molecule has 1 aromatic rings. The van der Waals surface area contributed by atoms with Gasteiger partial charge in [0.15, 0.2) is 0 Å². The average Bonchev–Trinajstić information content (AvgIpc) is 2.42. The van der Waals surface area contributed by atoms with Gasteiger partial charge in [-0.05, 0) is 34.9 Å². The third-order valence-corrected chi connectivity index (χ3v) is 3.32. The lowest BCUT2D eigenvalue weighted by atomic mass is 9.96. The molecule has 0 radical (unpaired) electrons. The van der Waals surface area contributed by atoms with Crippen LogP contribution in [0.2, 0.25) is 0 Å². The van der Waals surface area contributed by atoms with Gasteiger partial charge in [-0.2, -0.15) is 0 Å². The molecule has 0 spiro atoms. The Kier molecular flexibility index (Phi) is 2.36. The molecule has 0 saturated heterocycles. The van der Waals surface area contributed by atoms with E-state index in [-0.39, 0.29) is 6.04 Å². The highest BCUT2D eigenvalue weighted by Crippen LogP contribution is 2.39. The minimum Gasteiger partial charge on any atom is -0.324 e. The van der Waals surface area contributed by atoms with Gasteiger partial charge in [0.1, 0.15) is 0 Å². The van der Waals surface area contributed by atoms with Crippen LogP contribution >= 0.6 is 0 Å². The largest absolute Gasteiger partial charge is 0.324 e. The van der Waals surface area contributed by atoms with E-state index in [2.05, 4.69) is 39.0 Å². The lowest BCUT2D eigenvalue weighted by Gasteiger charge is -2.10. The lowest BCUT2D eigenvalue weighted by Crippen LogP contribution is -2.05. The maximum atomic E-state index is 6.11. The second-order valence-electron chi connectivity index (χ2n) is 4.79. The van der Waals surface area contributed by atoms with Crippen LogP contribution in [0.25, 0.3) is 0 Å². The highest BCUT2D eigenvalue weighted by molar-refractivity contribution is 5.41. The minimum atomic E-state index is 0.263. The van der Waals surface area contributed by atoms with Gasteiger partial charge >= 0.3 is 0 Å². The SMILES string of the molecule is CC(C)c1ccc2c(c1)C(N)CC2C. The highest BCUT2D eigenvalue weighted by atomic mass is 14.7. The molecule has 1 aliphatic rings. The van der Waals surface area contributed by atoms with Crippen molar-refractivity contribution in [1.29, 1.82) is 0 Å². The molecule has 1 nitrogen and oxygen atoms in total. The summed E-state index contributed by atoms with van der Waals surface area (Å²) in [6.07, 6.45) is 1.11. The Balaban J connectivity index is 2.45. The van der Waals surface area contributed by atoms with E-state index in [1.807, 2.05) is 0 Å². The van der Waals surface area contributed by atoms with Crippen LogP contribution in [0.15, 0.2) is 18.2 Å². The molecule has 2 atom stereocenters. The van der Waals surface area contributed by atoms with Crippen molar-refractivity contribution in [3.63, 3.8) is 0 Å². The Labute approximate surface area is 86.3 Å². The summed E-state index contributed by atoms with van der Waals surface area (Å²) >= 11 is 0. The molecule has 14 heavy (non-hydrogen) atoms. The summed E-state index contributed by atoms with van der Waals surface area (Å²) in [7, 11) is 0. The monoisotopic (exact) mass is 189 g/mol. The molecule has 76 valence electrons. The number of hydrogen-bond acceptors (Lipinski definition) is 1. The molecule has 2 unspecified atom stereocenters. The summed E-state index contributed by atoms with van der Waals surface area (Å²) in [6, 6.07) is 7.08. The van der Waals surface area contributed by atoms with Gasteiger partial charge in [0.25, 0.3) is 0 Å². The molecule has 0 bridgehead atoms. The average molecular weight is 189 g/mol. The van der Waals surface area contributed by atoms with E-state index in [1.54, 1.807) is 0 Å². The van der Waals surface area contributed by atoms with E-state index in [9.17, 15) is 0 Å². The Morgan fingerprint density at radius 3 is 2.64 bits per heavy atom. The predicted molar refractivity (Wildman–Crippen MR) is 60.5 cm³/mol. The van der Waals surface area contributed by atoms with Crippen LogP contribution < -0.4 is 5.73 Å². The zero-order valence-electron chi connectivity index (χ0n) is 9.25. The van der Waals surface area contributed by atoms with Crippen LogP contribution in [-0.2, 0) is 0 Å². The van der Waals surface area contributed by atoms with Crippen molar-refractivity contribution in [1.82, 2.24) is 0 Å². The van der Waals surface area contributed by atoms with Crippen LogP contribution in [0.1, 0.15) is 61.8 Å². The van der Waals surface area contributed by atoms with E-state index >= 15 is 0 Å². The molecule has 1 aliphatic carbocycles. The van der Waals surface area contributed by atoms with E-state index in [1.165, 1.54) is 16.7 Å². The van der Waals surface area contributed by atoms with Crippen molar-refractivity contribution < 1.29 is 0 Å². The van der Waals surface area contributed by atoms with Crippen molar-refractivity contribution in [2.75, 3.05) is 0 Å². The molecule has 0 aromatic heterocycles. The molecule has 0 heterocycles. The first-order chi connectivity index (χ1) is 6.59. The van der Waals surface area contributed by atoms with Crippen LogP contribution in [0.3, 0.4) is 0 Å². The fourth-order valence-corrected chi connectivity index (χ4v) is 2.36. The molecule has 0 amide bonds. The molecule has 0 aliphatic heterocycles. The summed E-state index contributed by atoms with van der Waals surface area (Å²) in [5.41, 5.74) is 10.4. The first kappa shape index (κ1) is 9.72. The first-order valence-electron chi connectivity index (χ1n) is 5.49. The summed E-state index contributed by atoms with van der Waals surface area (Å²) in [4.78, 5) is 0. The third-order valence-electron chi connectivity index (χ3n) is 3.32. The Hall–Kier alpha value is -0.820. The number of nitrogens with two attached hydrogens (primary N) is 1. The third kappa shape index (κ3) is 1.46. The Morgan fingerprint density at radius 1 is 1.29 bits per heavy atom. The van der Waals surface area contributed by atoms with Gasteiger partial charge in [0, 0.05) is 6.04 Å². The van der Waals surface area contributed by atoms with Gasteiger partial charge in [-0.1, -0.05) is 39.0 Å². The summed E-state index contributed by atoms with van der Waals surface area (Å²) < 4.78 is 0. The number of fused-ring (bicyclic) bond motifs is 1. The fraction of sp³-hybridized carbons (Fsp3) is 0.538. The molecular weight excluding hydrogens is 170 g/mol. The smallest absolute Gasteiger partial charge is 0.0303 e. The maximum absolute atomic E-state index is 6.11. The Morgan fingerprint density at radius 2 is 2.00 bits per heavy atom. The predicted octanol–water partition coefficient (Wildman–Crippen LogP) is 3.32. The molecule has 2 rings (SSSR count). The molecule has 2 N–H and O–H groups in total. The van der Waals surface area contributed by atoms with Crippen molar-refractivity contribution >= 4 is 0 Å². The van der Waals surface area contributed by atoms with E-state index in [0.29, 0.717) is 11.8 Å². The van der Waals surface area contributed by atoms with Gasteiger partial charge in [0.05, 0.1) is 0 Å². The fourth-order valence-electron chi connectivity index (χ4n) is 2.36. The zero-order valence-corrected chi connectivity index (χ0v) is 9.25. The quantitative estimate of drug-likeness (QED) is 0.720. The Bertz CT molecular complexity index is 341. The van der Waals surface area contributed by atoms with Crippen LogP contribution in [0, 0.1) is 0 Å². The van der Waals surface area contributed by atoms with Gasteiger partial charge in [-0.3, -0.25) is 0 Å². The molecule has 0 saturated carbocycles. The van der Waals surface area contributed by atoms with E-state index in [0.717, 1.165) is 6.42 Å². The number of hydrogen-bond donors (Lipinski definition) is 1. The van der Waals surface area contributed by atoms with Gasteiger partial charge < -0.3 is 5.73 Å². The van der Waals surface area contributed by atoms with E-state index in [4.69, 9.17) is 5.73 Å². The van der Waals surface area contributed by atoms with E-state index < -0.39 is 0 Å². The summed E-state index contributed by atoms with van der Waals surface area (Å²) in [5.74, 6) is 1.24. The standard InChI is InChI=1S/C13H19N/c1-8(2)10-4-5-11-9(3)6-13(14)12(11)7-10/h4-5,7-9,13H,6,14H2,1-3H3. The number of benzene rings is 1. The van der Waals surface area contributed by atoms with Crippen LogP contribution in [-0.4, -0.2) is 0 Å². The maximum Gasteiger partial charge on any atom is 0.0303 e. The van der Waals surface area contributed by atoms with Crippen molar-refractivity contribution in [3.05, 3.63) is 34.9 Å². The zero-order chi connectivity index (χ0) is 10.3. The normalized spacial score (nSPS) is 25.5. The molecular formula is C13H19N. The summed E-state index contributed by atoms with van der Waals surface area (Å²) in [5, 5.41) is 0. The second-order valence-corrected chi connectivity index (χ2v) is 4.79.